The number of hydrogen-bond acceptors (Lipinski definition) is 2. The standard InChI is InChI=1S/C12H20O2/c1-10(2)6-5-7-11(3)8-9-14-12(4)13/h8H,1,5-7,9H2,2-4H3. The number of esters is 1. The zero-order valence-electron chi connectivity index (χ0n) is 9.43. The molecule has 0 aromatic rings. The molecule has 0 amide bonds. The summed E-state index contributed by atoms with van der Waals surface area (Å²) < 4.78 is 4.81. The first-order chi connectivity index (χ1) is 6.52. The Morgan fingerprint density at radius 2 is 1.93 bits per heavy atom. The van der Waals surface area contributed by atoms with Gasteiger partial charge in [0.05, 0.1) is 0 Å². The van der Waals surface area contributed by atoms with E-state index in [-0.39, 0.29) is 5.97 Å². The van der Waals surface area contributed by atoms with Crippen molar-refractivity contribution in [2.75, 3.05) is 6.61 Å². The molecule has 0 aromatic carbocycles. The molecule has 0 spiro atoms. The lowest BCUT2D eigenvalue weighted by Gasteiger charge is -2.02. The molecule has 2 nitrogen and oxygen atoms in total. The number of carbonyl (C=O) groups is 1. The third kappa shape index (κ3) is 9.04. The summed E-state index contributed by atoms with van der Waals surface area (Å²) in [7, 11) is 0. The van der Waals surface area contributed by atoms with Crippen LogP contribution in [0, 0.1) is 0 Å². The molecule has 0 N–H and O–H groups in total. The minimum absolute atomic E-state index is 0.226. The molecule has 80 valence electrons. The van der Waals surface area contributed by atoms with Crippen LogP contribution in [-0.2, 0) is 9.53 Å². The molecule has 0 aliphatic heterocycles. The Morgan fingerprint density at radius 3 is 2.43 bits per heavy atom. The molecule has 0 bridgehead atoms. The number of ether oxygens (including phenoxy) is 1. The molecule has 14 heavy (non-hydrogen) atoms. The summed E-state index contributed by atoms with van der Waals surface area (Å²) in [5, 5.41) is 0. The number of rotatable bonds is 6. The second-order valence-corrected chi connectivity index (χ2v) is 3.66. The lowest BCUT2D eigenvalue weighted by molar-refractivity contribution is -0.139. The quantitative estimate of drug-likeness (QED) is 0.481. The molecular formula is C12H20O2. The number of allylic oxidation sites excluding steroid dienone is 2. The highest BCUT2D eigenvalue weighted by Gasteiger charge is 1.93. The van der Waals surface area contributed by atoms with E-state index in [1.165, 1.54) is 18.1 Å². The van der Waals surface area contributed by atoms with Crippen LogP contribution in [-0.4, -0.2) is 12.6 Å². The Morgan fingerprint density at radius 1 is 1.29 bits per heavy atom. The van der Waals surface area contributed by atoms with Gasteiger partial charge in [-0.3, -0.25) is 4.79 Å². The van der Waals surface area contributed by atoms with Crippen molar-refractivity contribution < 1.29 is 9.53 Å². The van der Waals surface area contributed by atoms with Crippen molar-refractivity contribution in [1.29, 1.82) is 0 Å². The van der Waals surface area contributed by atoms with Crippen LogP contribution >= 0.6 is 0 Å². The molecule has 0 fully saturated rings. The van der Waals surface area contributed by atoms with E-state index in [9.17, 15) is 4.79 Å². The third-order valence-corrected chi connectivity index (χ3v) is 1.89. The first kappa shape index (κ1) is 12.9. The molecule has 0 aliphatic rings. The highest BCUT2D eigenvalue weighted by atomic mass is 16.5. The third-order valence-electron chi connectivity index (χ3n) is 1.89. The molecule has 2 heteroatoms. The van der Waals surface area contributed by atoms with Gasteiger partial charge in [-0.2, -0.15) is 0 Å². The molecule has 0 atom stereocenters. The fourth-order valence-electron chi connectivity index (χ4n) is 1.07. The summed E-state index contributed by atoms with van der Waals surface area (Å²) in [4.78, 5) is 10.5. The highest BCUT2D eigenvalue weighted by Crippen LogP contribution is 2.09. The van der Waals surface area contributed by atoms with Gasteiger partial charge in [-0.05, 0) is 39.2 Å². The molecule has 0 unspecified atom stereocenters. The lowest BCUT2D eigenvalue weighted by Crippen LogP contribution is -1.98. The monoisotopic (exact) mass is 196 g/mol. The van der Waals surface area contributed by atoms with Gasteiger partial charge in [-0.15, -0.1) is 6.58 Å². The van der Waals surface area contributed by atoms with E-state index < -0.39 is 0 Å². The Labute approximate surface area is 86.6 Å². The molecule has 0 aliphatic carbocycles. The molecule has 0 radical (unpaired) electrons. The maximum Gasteiger partial charge on any atom is 0.302 e. The Hall–Kier alpha value is -1.05. The van der Waals surface area contributed by atoms with E-state index in [4.69, 9.17) is 4.74 Å². The van der Waals surface area contributed by atoms with Gasteiger partial charge in [0.2, 0.25) is 0 Å². The maximum absolute atomic E-state index is 10.5. The van der Waals surface area contributed by atoms with E-state index in [1.807, 2.05) is 13.0 Å². The van der Waals surface area contributed by atoms with Crippen molar-refractivity contribution in [3.05, 3.63) is 23.8 Å². The zero-order valence-corrected chi connectivity index (χ0v) is 9.43. The first-order valence-electron chi connectivity index (χ1n) is 4.95. The fraction of sp³-hybridized carbons (Fsp3) is 0.583. The minimum atomic E-state index is -0.226. The van der Waals surface area contributed by atoms with Gasteiger partial charge in [0, 0.05) is 6.92 Å². The predicted octanol–water partition coefficient (Wildman–Crippen LogP) is 3.24. The van der Waals surface area contributed by atoms with Gasteiger partial charge in [-0.25, -0.2) is 0 Å². The first-order valence-corrected chi connectivity index (χ1v) is 4.95. The second-order valence-electron chi connectivity index (χ2n) is 3.66. The minimum Gasteiger partial charge on any atom is -0.462 e. The van der Waals surface area contributed by atoms with Gasteiger partial charge < -0.3 is 4.74 Å². The van der Waals surface area contributed by atoms with E-state index >= 15 is 0 Å². The topological polar surface area (TPSA) is 26.3 Å². The molecule has 0 rings (SSSR count). The smallest absolute Gasteiger partial charge is 0.302 e. The van der Waals surface area contributed by atoms with Crippen molar-refractivity contribution in [3.63, 3.8) is 0 Å². The van der Waals surface area contributed by atoms with Crippen LogP contribution in [0.2, 0.25) is 0 Å². The van der Waals surface area contributed by atoms with Crippen molar-refractivity contribution in [2.24, 2.45) is 0 Å². The highest BCUT2D eigenvalue weighted by molar-refractivity contribution is 5.66. The van der Waals surface area contributed by atoms with Crippen LogP contribution in [0.25, 0.3) is 0 Å². The maximum atomic E-state index is 10.5. The van der Waals surface area contributed by atoms with Gasteiger partial charge in [0.25, 0.3) is 0 Å². The summed E-state index contributed by atoms with van der Waals surface area (Å²) in [5.41, 5.74) is 2.49. The number of hydrogen-bond donors (Lipinski definition) is 0. The van der Waals surface area contributed by atoms with Gasteiger partial charge in [0.15, 0.2) is 0 Å². The molecule has 0 saturated carbocycles. The molecule has 0 saturated heterocycles. The Kier molecular flexibility index (Phi) is 6.81. The van der Waals surface area contributed by atoms with Crippen molar-refractivity contribution in [2.45, 2.75) is 40.0 Å². The van der Waals surface area contributed by atoms with Crippen LogP contribution in [0.5, 0.6) is 0 Å². The van der Waals surface area contributed by atoms with Crippen LogP contribution in [0.4, 0.5) is 0 Å². The average Bonchev–Trinajstić information content (AvgIpc) is 2.02. The SMILES string of the molecule is C=C(C)CCCC(C)=CCOC(C)=O. The largest absolute Gasteiger partial charge is 0.462 e. The Bertz CT molecular complexity index is 226. The molecule has 0 aromatic heterocycles. The van der Waals surface area contributed by atoms with Crippen LogP contribution in [0.3, 0.4) is 0 Å². The average molecular weight is 196 g/mol. The molecule has 0 heterocycles. The summed E-state index contributed by atoms with van der Waals surface area (Å²) in [6, 6.07) is 0. The fourth-order valence-corrected chi connectivity index (χ4v) is 1.07. The summed E-state index contributed by atoms with van der Waals surface area (Å²) in [6.07, 6.45) is 5.20. The van der Waals surface area contributed by atoms with Crippen molar-refractivity contribution in [1.82, 2.24) is 0 Å². The molecular weight excluding hydrogens is 176 g/mol. The zero-order chi connectivity index (χ0) is 11.0. The van der Waals surface area contributed by atoms with Crippen molar-refractivity contribution in [3.8, 4) is 0 Å². The van der Waals surface area contributed by atoms with Gasteiger partial charge in [-0.1, -0.05) is 11.1 Å². The summed E-state index contributed by atoms with van der Waals surface area (Å²) >= 11 is 0. The van der Waals surface area contributed by atoms with Crippen molar-refractivity contribution >= 4 is 5.97 Å². The predicted molar refractivity (Wildman–Crippen MR) is 59.1 cm³/mol. The van der Waals surface area contributed by atoms with E-state index in [0.717, 1.165) is 19.3 Å². The summed E-state index contributed by atoms with van der Waals surface area (Å²) in [5.74, 6) is -0.226. The van der Waals surface area contributed by atoms with E-state index in [0.29, 0.717) is 6.61 Å². The Balaban J connectivity index is 3.56. The van der Waals surface area contributed by atoms with Crippen LogP contribution < -0.4 is 0 Å². The van der Waals surface area contributed by atoms with Gasteiger partial charge >= 0.3 is 5.97 Å². The summed E-state index contributed by atoms with van der Waals surface area (Å²) in [6.45, 7) is 9.76. The lowest BCUT2D eigenvalue weighted by atomic mass is 10.1. The van der Waals surface area contributed by atoms with Gasteiger partial charge in [0.1, 0.15) is 6.61 Å². The van der Waals surface area contributed by atoms with E-state index in [1.54, 1.807) is 0 Å². The second kappa shape index (κ2) is 7.36. The number of carbonyl (C=O) groups excluding carboxylic acids is 1. The van der Waals surface area contributed by atoms with E-state index in [2.05, 4.69) is 13.5 Å². The normalized spacial score (nSPS) is 11.2. The van der Waals surface area contributed by atoms with Crippen LogP contribution in [0.1, 0.15) is 40.0 Å². The van der Waals surface area contributed by atoms with Crippen LogP contribution in [0.15, 0.2) is 23.8 Å².